The van der Waals surface area contributed by atoms with Gasteiger partial charge in [0.15, 0.2) is 24.2 Å². The topological polar surface area (TPSA) is 121 Å². The molecule has 2 aromatic carbocycles. The van der Waals surface area contributed by atoms with Crippen molar-refractivity contribution >= 4 is 17.8 Å². The van der Waals surface area contributed by atoms with Gasteiger partial charge in [-0.3, -0.25) is 20.4 Å². The zero-order valence-electron chi connectivity index (χ0n) is 17.6. The molecule has 0 aliphatic rings. The van der Waals surface area contributed by atoms with Crippen molar-refractivity contribution in [3.8, 4) is 23.0 Å². The molecule has 0 spiro atoms. The van der Waals surface area contributed by atoms with Gasteiger partial charge in [-0.1, -0.05) is 0 Å². The van der Waals surface area contributed by atoms with Gasteiger partial charge in [0.25, 0.3) is 11.8 Å². The van der Waals surface area contributed by atoms with Crippen molar-refractivity contribution in [2.75, 3.05) is 27.9 Å². The van der Waals surface area contributed by atoms with Crippen LogP contribution in [-0.4, -0.2) is 51.8 Å². The average Bonchev–Trinajstić information content (AvgIpc) is 2.80. The normalized spacial score (nSPS) is 11.0. The van der Waals surface area contributed by atoms with Crippen LogP contribution in [0.1, 0.15) is 17.3 Å². The second-order valence-corrected chi connectivity index (χ2v) is 6.12. The number of hydrogen-bond acceptors (Lipinski definition) is 8. The Morgan fingerprint density at radius 1 is 0.839 bits per heavy atom. The first-order valence-electron chi connectivity index (χ1n) is 9.16. The molecule has 0 fully saturated rings. The lowest BCUT2D eigenvalue weighted by Crippen LogP contribution is -2.44. The van der Waals surface area contributed by atoms with Gasteiger partial charge in [-0.25, -0.2) is 4.79 Å². The van der Waals surface area contributed by atoms with E-state index < -0.39 is 30.5 Å². The van der Waals surface area contributed by atoms with E-state index in [1.54, 1.807) is 30.3 Å². The summed E-state index contributed by atoms with van der Waals surface area (Å²) in [5, 5.41) is 0. The van der Waals surface area contributed by atoms with Gasteiger partial charge in [-0.05, 0) is 49.4 Å². The maximum atomic E-state index is 12.2. The lowest BCUT2D eigenvalue weighted by Gasteiger charge is -2.14. The SMILES string of the molecule is COc1ccc(OC(C)C(=O)OCC(=O)NNC(=O)c2ccc(OC)c(OC)c2)cc1. The Morgan fingerprint density at radius 3 is 2.10 bits per heavy atom. The fraction of sp³-hybridized carbons (Fsp3) is 0.286. The van der Waals surface area contributed by atoms with Crippen molar-refractivity contribution in [2.24, 2.45) is 0 Å². The Morgan fingerprint density at radius 2 is 1.48 bits per heavy atom. The first-order chi connectivity index (χ1) is 14.9. The van der Waals surface area contributed by atoms with Crippen LogP contribution >= 0.6 is 0 Å². The summed E-state index contributed by atoms with van der Waals surface area (Å²) in [5.41, 5.74) is 4.62. The monoisotopic (exact) mass is 432 g/mol. The number of nitrogens with one attached hydrogen (secondary N) is 2. The highest BCUT2D eigenvalue weighted by Gasteiger charge is 2.18. The molecule has 0 aliphatic carbocycles. The molecule has 0 radical (unpaired) electrons. The first-order valence-corrected chi connectivity index (χ1v) is 9.16. The summed E-state index contributed by atoms with van der Waals surface area (Å²) in [6.07, 6.45) is -0.942. The Hall–Kier alpha value is -3.95. The number of esters is 1. The van der Waals surface area contributed by atoms with Crippen molar-refractivity contribution < 1.29 is 38.1 Å². The maximum Gasteiger partial charge on any atom is 0.347 e. The Balaban J connectivity index is 1.77. The molecule has 0 heterocycles. The molecule has 1 atom stereocenters. The summed E-state index contributed by atoms with van der Waals surface area (Å²) in [4.78, 5) is 36.0. The van der Waals surface area contributed by atoms with Gasteiger partial charge in [-0.15, -0.1) is 0 Å². The summed E-state index contributed by atoms with van der Waals surface area (Å²) >= 11 is 0. The van der Waals surface area contributed by atoms with Gasteiger partial charge in [0.2, 0.25) is 0 Å². The van der Waals surface area contributed by atoms with Crippen molar-refractivity contribution in [1.82, 2.24) is 10.9 Å². The van der Waals surface area contributed by atoms with E-state index in [-0.39, 0.29) is 5.56 Å². The second-order valence-electron chi connectivity index (χ2n) is 6.12. The van der Waals surface area contributed by atoms with Crippen LogP contribution in [0.5, 0.6) is 23.0 Å². The third kappa shape index (κ3) is 6.81. The fourth-order valence-electron chi connectivity index (χ4n) is 2.37. The number of carbonyl (C=O) groups excluding carboxylic acids is 3. The molecular weight excluding hydrogens is 408 g/mol. The summed E-state index contributed by atoms with van der Waals surface area (Å²) < 4.78 is 25.6. The number of rotatable bonds is 9. The molecule has 166 valence electrons. The molecule has 2 rings (SSSR count). The fourth-order valence-corrected chi connectivity index (χ4v) is 2.37. The number of hydrogen-bond donors (Lipinski definition) is 2. The summed E-state index contributed by atoms with van der Waals surface area (Å²) in [6.45, 7) is 0.894. The van der Waals surface area contributed by atoms with E-state index in [4.69, 9.17) is 23.7 Å². The number of benzene rings is 2. The largest absolute Gasteiger partial charge is 0.497 e. The number of ether oxygens (including phenoxy) is 5. The molecule has 0 bridgehead atoms. The summed E-state index contributed by atoms with van der Waals surface area (Å²) in [6, 6.07) is 11.2. The Labute approximate surface area is 179 Å². The molecular formula is C21H24N2O8. The molecule has 0 aliphatic heterocycles. The van der Waals surface area contributed by atoms with Gasteiger partial charge in [0, 0.05) is 5.56 Å². The second kappa shape index (κ2) is 11.3. The van der Waals surface area contributed by atoms with Crippen LogP contribution in [0.2, 0.25) is 0 Å². The minimum absolute atomic E-state index is 0.233. The van der Waals surface area contributed by atoms with Crippen molar-refractivity contribution in [1.29, 1.82) is 0 Å². The van der Waals surface area contributed by atoms with Crippen molar-refractivity contribution in [3.05, 3.63) is 48.0 Å². The number of hydrazine groups is 1. The predicted octanol–water partition coefficient (Wildman–Crippen LogP) is 1.48. The summed E-state index contributed by atoms with van der Waals surface area (Å²) in [5.74, 6) is -0.138. The zero-order valence-corrected chi connectivity index (χ0v) is 17.6. The van der Waals surface area contributed by atoms with Crippen LogP contribution in [-0.2, 0) is 14.3 Å². The van der Waals surface area contributed by atoms with E-state index in [1.807, 2.05) is 0 Å². The molecule has 2 aromatic rings. The van der Waals surface area contributed by atoms with Gasteiger partial charge >= 0.3 is 5.97 Å². The number of methoxy groups -OCH3 is 3. The molecule has 0 saturated heterocycles. The van der Waals surface area contributed by atoms with E-state index in [0.29, 0.717) is 23.0 Å². The molecule has 0 saturated carbocycles. The third-order valence-electron chi connectivity index (χ3n) is 4.01. The number of amides is 2. The van der Waals surface area contributed by atoms with Crippen molar-refractivity contribution in [2.45, 2.75) is 13.0 Å². The lowest BCUT2D eigenvalue weighted by molar-refractivity contribution is -0.154. The predicted molar refractivity (Wildman–Crippen MR) is 109 cm³/mol. The maximum absolute atomic E-state index is 12.2. The molecule has 2 amide bonds. The average molecular weight is 432 g/mol. The molecule has 10 heteroatoms. The van der Waals surface area contributed by atoms with Crippen LogP contribution in [0.4, 0.5) is 0 Å². The lowest BCUT2D eigenvalue weighted by atomic mass is 10.2. The minimum atomic E-state index is -0.942. The molecule has 31 heavy (non-hydrogen) atoms. The Kier molecular flexibility index (Phi) is 8.50. The van der Waals surface area contributed by atoms with Gasteiger partial charge in [0.1, 0.15) is 11.5 Å². The van der Waals surface area contributed by atoms with Crippen LogP contribution in [0.15, 0.2) is 42.5 Å². The minimum Gasteiger partial charge on any atom is -0.497 e. The van der Waals surface area contributed by atoms with E-state index in [0.717, 1.165) is 0 Å². The molecule has 10 nitrogen and oxygen atoms in total. The van der Waals surface area contributed by atoms with Crippen molar-refractivity contribution in [3.63, 3.8) is 0 Å². The van der Waals surface area contributed by atoms with Crippen LogP contribution in [0.25, 0.3) is 0 Å². The quantitative estimate of drug-likeness (QED) is 0.452. The third-order valence-corrected chi connectivity index (χ3v) is 4.01. The summed E-state index contributed by atoms with van der Waals surface area (Å²) in [7, 11) is 4.45. The van der Waals surface area contributed by atoms with Crippen LogP contribution in [0.3, 0.4) is 0 Å². The van der Waals surface area contributed by atoms with Crippen LogP contribution < -0.4 is 29.8 Å². The Bertz CT molecular complexity index is 914. The van der Waals surface area contributed by atoms with Gasteiger partial charge in [0.05, 0.1) is 21.3 Å². The highest BCUT2D eigenvalue weighted by molar-refractivity contribution is 5.96. The highest BCUT2D eigenvalue weighted by Crippen LogP contribution is 2.27. The smallest absolute Gasteiger partial charge is 0.347 e. The van der Waals surface area contributed by atoms with E-state index >= 15 is 0 Å². The van der Waals surface area contributed by atoms with Gasteiger partial charge in [-0.2, -0.15) is 0 Å². The van der Waals surface area contributed by atoms with E-state index in [2.05, 4.69) is 10.9 Å². The van der Waals surface area contributed by atoms with E-state index in [1.165, 1.54) is 40.4 Å². The number of carbonyl (C=O) groups is 3. The standard InChI is InChI=1S/C21H24N2O8/c1-13(31-16-8-6-15(27-2)7-9-16)21(26)30-12-19(24)22-23-20(25)14-5-10-17(28-3)18(11-14)29-4/h5-11,13H,12H2,1-4H3,(H,22,24)(H,23,25). The van der Waals surface area contributed by atoms with E-state index in [9.17, 15) is 14.4 Å². The zero-order chi connectivity index (χ0) is 22.8. The molecule has 0 aromatic heterocycles. The van der Waals surface area contributed by atoms with Crippen LogP contribution in [0, 0.1) is 0 Å². The first kappa shape index (κ1) is 23.3. The highest BCUT2D eigenvalue weighted by atomic mass is 16.6. The molecule has 2 N–H and O–H groups in total. The van der Waals surface area contributed by atoms with Gasteiger partial charge < -0.3 is 23.7 Å². The molecule has 1 unspecified atom stereocenters.